The molecular formula is C30H25ClN4O4. The van der Waals surface area contributed by atoms with Crippen molar-refractivity contribution in [2.45, 2.75) is 6.92 Å². The zero-order valence-corrected chi connectivity index (χ0v) is 21.9. The van der Waals surface area contributed by atoms with Crippen LogP contribution in [0.2, 0.25) is 5.02 Å². The maximum Gasteiger partial charge on any atom is 0.224 e. The van der Waals surface area contributed by atoms with E-state index >= 15 is 0 Å². The molecule has 0 atom stereocenters. The predicted molar refractivity (Wildman–Crippen MR) is 152 cm³/mol. The second-order valence-corrected chi connectivity index (χ2v) is 9.76. The van der Waals surface area contributed by atoms with Gasteiger partial charge in [0.15, 0.2) is 5.43 Å². The second-order valence-electron chi connectivity index (χ2n) is 9.32. The van der Waals surface area contributed by atoms with E-state index in [2.05, 4.69) is 25.8 Å². The molecule has 3 heterocycles. The lowest BCUT2D eigenvalue weighted by Crippen LogP contribution is -2.46. The summed E-state index contributed by atoms with van der Waals surface area (Å²) in [4.78, 5) is 26.3. The summed E-state index contributed by atoms with van der Waals surface area (Å²) in [5.74, 6) is 2.12. The van der Waals surface area contributed by atoms with Gasteiger partial charge in [0.2, 0.25) is 5.88 Å². The van der Waals surface area contributed by atoms with Crippen molar-refractivity contribution in [3.8, 4) is 28.7 Å². The molecule has 0 radical (unpaired) electrons. The van der Waals surface area contributed by atoms with Crippen LogP contribution in [0.1, 0.15) is 5.82 Å². The second kappa shape index (κ2) is 10.3. The van der Waals surface area contributed by atoms with Crippen molar-refractivity contribution in [1.82, 2.24) is 9.97 Å². The van der Waals surface area contributed by atoms with Crippen molar-refractivity contribution in [3.05, 3.63) is 99.9 Å². The number of halogens is 1. The Kier molecular flexibility index (Phi) is 6.54. The monoisotopic (exact) mass is 540 g/mol. The standard InChI is InChI=1S/C30H25ClN4O4/c1-19-32-28(35-12-10-34(11-13-35)22-9-5-8-21(31)14-22)18-29(33-19)38-23-15-24(36)30-25(37)17-26(39-27(30)16-23)20-6-3-2-4-7-20/h2-9,14-18,36H,10-13H2,1H3. The molecule has 0 bridgehead atoms. The average molecular weight is 541 g/mol. The molecule has 1 aliphatic heterocycles. The average Bonchev–Trinajstić information content (AvgIpc) is 2.93. The summed E-state index contributed by atoms with van der Waals surface area (Å²) in [6.45, 7) is 4.99. The number of aromatic hydroxyl groups is 1. The zero-order valence-electron chi connectivity index (χ0n) is 21.2. The molecule has 0 amide bonds. The summed E-state index contributed by atoms with van der Waals surface area (Å²) in [5, 5.41) is 11.4. The minimum Gasteiger partial charge on any atom is -0.507 e. The van der Waals surface area contributed by atoms with Crippen molar-refractivity contribution in [1.29, 1.82) is 0 Å². The molecule has 1 fully saturated rings. The molecule has 0 aliphatic carbocycles. The number of fused-ring (bicyclic) bond motifs is 1. The van der Waals surface area contributed by atoms with E-state index in [4.69, 9.17) is 20.8 Å². The molecule has 0 saturated carbocycles. The molecule has 1 saturated heterocycles. The summed E-state index contributed by atoms with van der Waals surface area (Å²) in [6.07, 6.45) is 0. The maximum atomic E-state index is 12.8. The Bertz CT molecular complexity index is 1720. The number of hydrogen-bond donors (Lipinski definition) is 1. The minimum absolute atomic E-state index is 0.0964. The fourth-order valence-corrected chi connectivity index (χ4v) is 4.96. The molecule has 9 heteroatoms. The van der Waals surface area contributed by atoms with Crippen LogP contribution in [-0.4, -0.2) is 41.3 Å². The smallest absolute Gasteiger partial charge is 0.224 e. The summed E-state index contributed by atoms with van der Waals surface area (Å²) in [6, 6.07) is 23.3. The van der Waals surface area contributed by atoms with Crippen LogP contribution in [0.15, 0.2) is 88.1 Å². The van der Waals surface area contributed by atoms with Gasteiger partial charge in [-0.1, -0.05) is 48.0 Å². The lowest BCUT2D eigenvalue weighted by atomic mass is 10.1. The number of rotatable bonds is 5. The SMILES string of the molecule is Cc1nc(Oc2cc(O)c3c(=O)cc(-c4ccccc4)oc3c2)cc(N2CCN(c3cccc(Cl)c3)CC2)n1. The lowest BCUT2D eigenvalue weighted by molar-refractivity contribution is 0.444. The summed E-state index contributed by atoms with van der Waals surface area (Å²) >= 11 is 6.17. The topological polar surface area (TPSA) is 91.9 Å². The zero-order chi connectivity index (χ0) is 26.9. The molecule has 8 nitrogen and oxygen atoms in total. The fraction of sp³-hybridized carbons (Fsp3) is 0.167. The van der Waals surface area contributed by atoms with Crippen molar-refractivity contribution < 1.29 is 14.3 Å². The van der Waals surface area contributed by atoms with Crippen LogP contribution in [0.25, 0.3) is 22.3 Å². The van der Waals surface area contributed by atoms with E-state index in [-0.39, 0.29) is 22.1 Å². The quantitative estimate of drug-likeness (QED) is 0.288. The van der Waals surface area contributed by atoms with E-state index in [1.165, 1.54) is 12.1 Å². The number of piperazine rings is 1. The first-order chi connectivity index (χ1) is 18.9. The Labute approximate surface area is 229 Å². The molecule has 196 valence electrons. The third-order valence-electron chi connectivity index (χ3n) is 6.64. The predicted octanol–water partition coefficient (Wildman–Crippen LogP) is 6.04. The van der Waals surface area contributed by atoms with Crippen LogP contribution in [0.5, 0.6) is 17.4 Å². The number of ether oxygens (including phenoxy) is 1. The molecule has 0 unspecified atom stereocenters. The minimum atomic E-state index is -0.337. The Morgan fingerprint density at radius 1 is 0.897 bits per heavy atom. The van der Waals surface area contributed by atoms with Crippen LogP contribution in [0.3, 0.4) is 0 Å². The Hall–Kier alpha value is -4.56. The highest BCUT2D eigenvalue weighted by molar-refractivity contribution is 6.30. The van der Waals surface area contributed by atoms with Gasteiger partial charge in [0, 0.05) is 66.7 Å². The van der Waals surface area contributed by atoms with Gasteiger partial charge in [0.1, 0.15) is 39.9 Å². The molecule has 6 rings (SSSR count). The third kappa shape index (κ3) is 5.24. The van der Waals surface area contributed by atoms with E-state index in [0.29, 0.717) is 23.2 Å². The number of phenols is 1. The number of aromatic nitrogens is 2. The Morgan fingerprint density at radius 3 is 2.44 bits per heavy atom. The number of anilines is 2. The number of phenolic OH excluding ortho intramolecular Hbond substituents is 1. The van der Waals surface area contributed by atoms with E-state index in [1.54, 1.807) is 12.1 Å². The van der Waals surface area contributed by atoms with Gasteiger partial charge in [0.25, 0.3) is 0 Å². The highest BCUT2D eigenvalue weighted by Crippen LogP contribution is 2.33. The van der Waals surface area contributed by atoms with Gasteiger partial charge in [-0.3, -0.25) is 4.79 Å². The van der Waals surface area contributed by atoms with Gasteiger partial charge < -0.3 is 24.1 Å². The van der Waals surface area contributed by atoms with Gasteiger partial charge in [0.05, 0.1) is 0 Å². The highest BCUT2D eigenvalue weighted by atomic mass is 35.5. The van der Waals surface area contributed by atoms with Crippen molar-refractivity contribution in [2.24, 2.45) is 0 Å². The van der Waals surface area contributed by atoms with Crippen molar-refractivity contribution >= 4 is 34.1 Å². The summed E-state index contributed by atoms with van der Waals surface area (Å²) in [5.41, 5.74) is 1.74. The number of aryl methyl sites for hydroxylation is 1. The molecule has 3 aromatic carbocycles. The maximum absolute atomic E-state index is 12.8. The Morgan fingerprint density at radius 2 is 1.67 bits per heavy atom. The van der Waals surface area contributed by atoms with Gasteiger partial charge in [-0.05, 0) is 25.1 Å². The highest BCUT2D eigenvalue weighted by Gasteiger charge is 2.20. The van der Waals surface area contributed by atoms with Crippen LogP contribution >= 0.6 is 11.6 Å². The normalized spacial score (nSPS) is 13.6. The van der Waals surface area contributed by atoms with Gasteiger partial charge in [-0.2, -0.15) is 4.98 Å². The number of nitrogens with zero attached hydrogens (tertiary/aromatic N) is 4. The molecule has 0 spiro atoms. The first-order valence-electron chi connectivity index (χ1n) is 12.6. The Balaban J connectivity index is 1.25. The van der Waals surface area contributed by atoms with Gasteiger partial charge in [-0.15, -0.1) is 0 Å². The molecule has 2 aromatic heterocycles. The number of hydrogen-bond acceptors (Lipinski definition) is 8. The van der Waals surface area contributed by atoms with Crippen molar-refractivity contribution in [3.63, 3.8) is 0 Å². The van der Waals surface area contributed by atoms with E-state index < -0.39 is 0 Å². The molecular weight excluding hydrogens is 516 g/mol. The van der Waals surface area contributed by atoms with E-state index in [9.17, 15) is 9.90 Å². The molecule has 1 N–H and O–H groups in total. The van der Waals surface area contributed by atoms with Crippen LogP contribution < -0.4 is 20.0 Å². The third-order valence-corrected chi connectivity index (χ3v) is 6.88. The van der Waals surface area contributed by atoms with Crippen molar-refractivity contribution in [2.75, 3.05) is 36.0 Å². The first kappa shape index (κ1) is 24.8. The molecule has 1 aliphatic rings. The lowest BCUT2D eigenvalue weighted by Gasteiger charge is -2.36. The van der Waals surface area contributed by atoms with E-state index in [0.717, 1.165) is 48.3 Å². The van der Waals surface area contributed by atoms with Gasteiger partial charge in [-0.25, -0.2) is 4.98 Å². The summed E-state index contributed by atoms with van der Waals surface area (Å²) in [7, 11) is 0. The van der Waals surface area contributed by atoms with Gasteiger partial charge >= 0.3 is 0 Å². The first-order valence-corrected chi connectivity index (χ1v) is 13.0. The van der Waals surface area contributed by atoms with Crippen LogP contribution in [0, 0.1) is 6.92 Å². The van der Waals surface area contributed by atoms with E-state index in [1.807, 2.05) is 55.5 Å². The number of benzene rings is 3. The summed E-state index contributed by atoms with van der Waals surface area (Å²) < 4.78 is 12.0. The largest absolute Gasteiger partial charge is 0.507 e. The van der Waals surface area contributed by atoms with Crippen LogP contribution in [-0.2, 0) is 0 Å². The fourth-order valence-electron chi connectivity index (χ4n) is 4.77. The van der Waals surface area contributed by atoms with Crippen LogP contribution in [0.4, 0.5) is 11.5 Å². The molecule has 39 heavy (non-hydrogen) atoms. The molecule has 5 aromatic rings.